The highest BCUT2D eigenvalue weighted by molar-refractivity contribution is 5.85. The van der Waals surface area contributed by atoms with Crippen molar-refractivity contribution in [2.24, 2.45) is 13.0 Å². The van der Waals surface area contributed by atoms with Gasteiger partial charge in [-0.1, -0.05) is 20.3 Å². The number of likely N-dealkylation sites (tertiary alicyclic amines) is 1. The molecule has 6 nitrogen and oxygen atoms in total. The molecule has 3 atom stereocenters. The third-order valence-corrected chi connectivity index (χ3v) is 6.14. The smallest absolute Gasteiger partial charge is 0.367 e. The van der Waals surface area contributed by atoms with Gasteiger partial charge in [0.15, 0.2) is 6.04 Å². The molecule has 30 heavy (non-hydrogen) atoms. The van der Waals surface area contributed by atoms with Crippen LogP contribution in [0.5, 0.6) is 0 Å². The SMILES string of the molecule is CC(C)[C@@H]1C[C@H](C(F)(F)F)n2nc(C3CCCCN3Cc3cnn(C)c3)cc2N1.Cl. The van der Waals surface area contributed by atoms with Crippen LogP contribution in [0.3, 0.4) is 0 Å². The first-order valence-electron chi connectivity index (χ1n) is 10.4. The summed E-state index contributed by atoms with van der Waals surface area (Å²) in [6, 6.07) is 0.0708. The van der Waals surface area contributed by atoms with Crippen LogP contribution in [0.4, 0.5) is 19.0 Å². The second-order valence-electron chi connectivity index (χ2n) is 8.69. The van der Waals surface area contributed by atoms with Gasteiger partial charge in [-0.05, 0) is 31.7 Å². The molecule has 0 bridgehead atoms. The maximum absolute atomic E-state index is 13.8. The Hall–Kier alpha value is -1.74. The van der Waals surface area contributed by atoms with Gasteiger partial charge in [-0.3, -0.25) is 9.58 Å². The van der Waals surface area contributed by atoms with Crippen molar-refractivity contribution in [3.63, 3.8) is 0 Å². The monoisotopic (exact) mass is 446 g/mol. The van der Waals surface area contributed by atoms with E-state index in [-0.39, 0.29) is 36.8 Å². The van der Waals surface area contributed by atoms with Crippen LogP contribution in [0.15, 0.2) is 18.5 Å². The molecule has 1 saturated heterocycles. The minimum Gasteiger partial charge on any atom is -0.367 e. The maximum atomic E-state index is 13.8. The maximum Gasteiger partial charge on any atom is 0.410 e. The van der Waals surface area contributed by atoms with E-state index in [4.69, 9.17) is 0 Å². The lowest BCUT2D eigenvalue weighted by Gasteiger charge is -2.35. The molecule has 0 spiro atoms. The van der Waals surface area contributed by atoms with E-state index in [0.717, 1.165) is 43.6 Å². The molecule has 0 amide bonds. The number of nitrogens with zero attached hydrogens (tertiary/aromatic N) is 5. The van der Waals surface area contributed by atoms with E-state index in [9.17, 15) is 13.2 Å². The first kappa shape index (κ1) is 22.9. The topological polar surface area (TPSA) is 50.9 Å². The van der Waals surface area contributed by atoms with E-state index in [1.54, 1.807) is 4.68 Å². The van der Waals surface area contributed by atoms with Gasteiger partial charge in [0.2, 0.25) is 0 Å². The fourth-order valence-electron chi connectivity index (χ4n) is 4.53. The predicted molar refractivity (Wildman–Crippen MR) is 112 cm³/mol. The molecular weight excluding hydrogens is 417 g/mol. The van der Waals surface area contributed by atoms with Crippen molar-refractivity contribution in [1.29, 1.82) is 0 Å². The Morgan fingerprint density at radius 1 is 1.27 bits per heavy atom. The number of hydrogen-bond acceptors (Lipinski definition) is 4. The van der Waals surface area contributed by atoms with Crippen molar-refractivity contribution >= 4 is 18.2 Å². The van der Waals surface area contributed by atoms with Crippen LogP contribution < -0.4 is 5.32 Å². The fourth-order valence-corrected chi connectivity index (χ4v) is 4.53. The van der Waals surface area contributed by atoms with Crippen molar-refractivity contribution in [3.8, 4) is 0 Å². The number of hydrogen-bond donors (Lipinski definition) is 1. The number of alkyl halides is 3. The van der Waals surface area contributed by atoms with Gasteiger partial charge >= 0.3 is 6.18 Å². The van der Waals surface area contributed by atoms with Crippen molar-refractivity contribution in [1.82, 2.24) is 24.5 Å². The van der Waals surface area contributed by atoms with Crippen LogP contribution in [0, 0.1) is 5.92 Å². The van der Waals surface area contributed by atoms with Crippen molar-refractivity contribution in [2.75, 3.05) is 11.9 Å². The fraction of sp³-hybridized carbons (Fsp3) is 0.700. The van der Waals surface area contributed by atoms with E-state index in [0.29, 0.717) is 5.82 Å². The number of fused-ring (bicyclic) bond motifs is 1. The Balaban J connectivity index is 0.00000256. The summed E-state index contributed by atoms with van der Waals surface area (Å²) in [7, 11) is 1.88. The lowest BCUT2D eigenvalue weighted by Crippen LogP contribution is -2.41. The zero-order valence-electron chi connectivity index (χ0n) is 17.6. The molecule has 10 heteroatoms. The summed E-state index contributed by atoms with van der Waals surface area (Å²) in [5.74, 6) is 0.600. The number of nitrogens with one attached hydrogen (secondary N) is 1. The Bertz CT molecular complexity index is 846. The van der Waals surface area contributed by atoms with Crippen LogP contribution in [0.1, 0.15) is 62.9 Å². The van der Waals surface area contributed by atoms with Gasteiger partial charge < -0.3 is 5.32 Å². The summed E-state index contributed by atoms with van der Waals surface area (Å²) in [5, 5.41) is 12.0. The third-order valence-electron chi connectivity index (χ3n) is 6.14. The summed E-state index contributed by atoms with van der Waals surface area (Å²) in [6.45, 7) is 5.54. The first-order chi connectivity index (χ1) is 13.7. The molecule has 168 valence electrons. The minimum absolute atomic E-state index is 0. The molecule has 1 fully saturated rings. The highest BCUT2D eigenvalue weighted by Crippen LogP contribution is 2.42. The van der Waals surface area contributed by atoms with Gasteiger partial charge in [-0.25, -0.2) is 4.68 Å². The summed E-state index contributed by atoms with van der Waals surface area (Å²) in [6.07, 6.45) is 2.58. The molecule has 2 aliphatic rings. The number of rotatable bonds is 4. The summed E-state index contributed by atoms with van der Waals surface area (Å²) in [5.41, 5.74) is 1.84. The molecule has 0 aliphatic carbocycles. The van der Waals surface area contributed by atoms with Gasteiger partial charge in [0.25, 0.3) is 0 Å². The van der Waals surface area contributed by atoms with Crippen LogP contribution >= 0.6 is 12.4 Å². The van der Waals surface area contributed by atoms with Crippen LogP contribution in [0.2, 0.25) is 0 Å². The predicted octanol–water partition coefficient (Wildman–Crippen LogP) is 4.71. The molecule has 2 aliphatic heterocycles. The lowest BCUT2D eigenvalue weighted by atomic mass is 9.94. The number of aryl methyl sites for hydroxylation is 1. The number of halogens is 4. The first-order valence-corrected chi connectivity index (χ1v) is 10.4. The van der Waals surface area contributed by atoms with E-state index in [2.05, 4.69) is 20.4 Å². The number of aromatic nitrogens is 4. The molecule has 1 N–H and O–H groups in total. The highest BCUT2D eigenvalue weighted by Gasteiger charge is 2.47. The average molecular weight is 447 g/mol. The van der Waals surface area contributed by atoms with Gasteiger partial charge in [-0.15, -0.1) is 12.4 Å². The Morgan fingerprint density at radius 2 is 2.03 bits per heavy atom. The van der Waals surface area contributed by atoms with Crippen LogP contribution in [-0.2, 0) is 13.6 Å². The van der Waals surface area contributed by atoms with Crippen molar-refractivity contribution < 1.29 is 13.2 Å². The van der Waals surface area contributed by atoms with Gasteiger partial charge in [0.05, 0.1) is 17.9 Å². The minimum atomic E-state index is -4.31. The van der Waals surface area contributed by atoms with E-state index < -0.39 is 12.2 Å². The summed E-state index contributed by atoms with van der Waals surface area (Å²) < 4.78 is 44.2. The quantitative estimate of drug-likeness (QED) is 0.739. The zero-order valence-corrected chi connectivity index (χ0v) is 18.4. The molecular formula is C20H30ClF3N6. The highest BCUT2D eigenvalue weighted by atomic mass is 35.5. The lowest BCUT2D eigenvalue weighted by molar-refractivity contribution is -0.174. The average Bonchev–Trinajstić information content (AvgIpc) is 3.26. The molecule has 2 aromatic heterocycles. The molecule has 4 rings (SSSR count). The summed E-state index contributed by atoms with van der Waals surface area (Å²) >= 11 is 0. The van der Waals surface area contributed by atoms with E-state index in [1.807, 2.05) is 39.4 Å². The number of anilines is 1. The van der Waals surface area contributed by atoms with Gasteiger partial charge in [0, 0.05) is 37.5 Å². The molecule has 1 unspecified atom stereocenters. The molecule has 2 aromatic rings. The molecule has 0 saturated carbocycles. The number of piperidine rings is 1. The van der Waals surface area contributed by atoms with Crippen molar-refractivity contribution in [3.05, 3.63) is 29.7 Å². The second kappa shape index (κ2) is 8.78. The zero-order chi connectivity index (χ0) is 20.8. The Labute approximate surface area is 181 Å². The van der Waals surface area contributed by atoms with E-state index in [1.165, 1.54) is 4.68 Å². The molecule has 0 aromatic carbocycles. The molecule has 0 radical (unpaired) electrons. The largest absolute Gasteiger partial charge is 0.410 e. The van der Waals surface area contributed by atoms with Crippen molar-refractivity contribution in [2.45, 2.75) is 70.4 Å². The van der Waals surface area contributed by atoms with Crippen LogP contribution in [-0.4, -0.2) is 43.2 Å². The van der Waals surface area contributed by atoms with E-state index >= 15 is 0 Å². The molecule has 4 heterocycles. The van der Waals surface area contributed by atoms with Gasteiger partial charge in [0.1, 0.15) is 5.82 Å². The van der Waals surface area contributed by atoms with Crippen LogP contribution in [0.25, 0.3) is 0 Å². The van der Waals surface area contributed by atoms with Gasteiger partial charge in [-0.2, -0.15) is 23.4 Å². The normalized spacial score (nSPS) is 25.0. The summed E-state index contributed by atoms with van der Waals surface area (Å²) in [4.78, 5) is 2.32. The second-order valence-corrected chi connectivity index (χ2v) is 8.69. The standard InChI is InChI=1S/C20H29F3N6.ClH/c1-13(2)15-8-18(20(21,22)23)29-19(25-15)9-16(26-29)17-6-4-5-7-28(17)12-14-10-24-27(3)11-14;/h9-11,13,15,17-18,25H,4-8,12H2,1-3H3;1H/t15-,17?,18+;/m0./s1. The Morgan fingerprint density at radius 3 is 2.67 bits per heavy atom. The third kappa shape index (κ3) is 4.61. The Kier molecular flexibility index (Phi) is 6.72.